The zero-order valence-corrected chi connectivity index (χ0v) is 13.5. The SMILES string of the molecule is O=S(=O)(N=C(F)C(F)c1ccc(F)c(F)c1F)n1ccc2ccccc21. The predicted octanol–water partition coefficient (Wildman–Crippen LogP) is 4.23. The Kier molecular flexibility index (Phi) is 4.53. The molecule has 0 spiro atoms. The van der Waals surface area contributed by atoms with E-state index in [1.165, 1.54) is 18.2 Å². The van der Waals surface area contributed by atoms with E-state index in [0.29, 0.717) is 21.5 Å². The van der Waals surface area contributed by atoms with Crippen LogP contribution in [0.2, 0.25) is 0 Å². The van der Waals surface area contributed by atoms with Gasteiger partial charge in [0.15, 0.2) is 23.6 Å². The summed E-state index contributed by atoms with van der Waals surface area (Å²) < 4.78 is 95.3. The molecule has 0 aliphatic rings. The van der Waals surface area contributed by atoms with Gasteiger partial charge in [0.25, 0.3) is 0 Å². The van der Waals surface area contributed by atoms with Crippen LogP contribution in [0.15, 0.2) is 53.1 Å². The van der Waals surface area contributed by atoms with Crippen molar-refractivity contribution in [2.45, 2.75) is 6.17 Å². The second-order valence-corrected chi connectivity index (χ2v) is 6.66. The molecule has 1 aromatic heterocycles. The van der Waals surface area contributed by atoms with E-state index in [1.54, 1.807) is 12.1 Å². The van der Waals surface area contributed by atoms with Crippen molar-refractivity contribution in [2.75, 3.05) is 0 Å². The van der Waals surface area contributed by atoms with E-state index in [2.05, 4.69) is 4.40 Å². The van der Waals surface area contributed by atoms with Gasteiger partial charge >= 0.3 is 10.2 Å². The number of aromatic nitrogens is 1. The molecule has 0 amide bonds. The Morgan fingerprint density at radius 3 is 2.42 bits per heavy atom. The number of rotatable bonds is 4. The first-order chi connectivity index (χ1) is 12.2. The second-order valence-electron chi connectivity index (χ2n) is 5.19. The summed E-state index contributed by atoms with van der Waals surface area (Å²) in [7, 11) is -4.73. The van der Waals surface area contributed by atoms with E-state index < -0.39 is 45.4 Å². The number of para-hydroxylation sites is 1. The molecular formula is C16H9F5N2O2S. The van der Waals surface area contributed by atoms with Gasteiger partial charge in [-0.05, 0) is 24.3 Å². The fourth-order valence-corrected chi connectivity index (χ4v) is 3.35. The van der Waals surface area contributed by atoms with Crippen molar-refractivity contribution in [3.05, 3.63) is 71.7 Å². The molecule has 0 aliphatic carbocycles. The molecule has 0 saturated heterocycles. The lowest BCUT2D eigenvalue weighted by molar-refractivity contribution is 0.379. The smallest absolute Gasteiger partial charge is 0.232 e. The van der Waals surface area contributed by atoms with Crippen LogP contribution in [0.4, 0.5) is 22.0 Å². The van der Waals surface area contributed by atoms with E-state index in [-0.39, 0.29) is 5.52 Å². The van der Waals surface area contributed by atoms with E-state index in [1.807, 2.05) is 0 Å². The zero-order chi connectivity index (χ0) is 19.1. The topological polar surface area (TPSA) is 51.4 Å². The highest BCUT2D eigenvalue weighted by Gasteiger charge is 2.27. The maximum Gasteiger partial charge on any atom is 0.351 e. The lowest BCUT2D eigenvalue weighted by atomic mass is 10.1. The number of nitrogens with zero attached hydrogens (tertiary/aromatic N) is 2. The van der Waals surface area contributed by atoms with Crippen molar-refractivity contribution < 1.29 is 30.4 Å². The second kappa shape index (κ2) is 6.52. The number of benzene rings is 2. The molecule has 10 heteroatoms. The molecule has 0 bridgehead atoms. The van der Waals surface area contributed by atoms with Crippen LogP contribution in [0.3, 0.4) is 0 Å². The number of hydrogen-bond acceptors (Lipinski definition) is 2. The van der Waals surface area contributed by atoms with Crippen LogP contribution in [0.25, 0.3) is 10.9 Å². The van der Waals surface area contributed by atoms with Crippen LogP contribution in [-0.4, -0.2) is 18.4 Å². The highest BCUT2D eigenvalue weighted by atomic mass is 32.2. The van der Waals surface area contributed by atoms with Crippen LogP contribution in [0.1, 0.15) is 11.7 Å². The first kappa shape index (κ1) is 18.1. The Labute approximate surface area is 144 Å². The van der Waals surface area contributed by atoms with E-state index in [9.17, 15) is 30.4 Å². The largest absolute Gasteiger partial charge is 0.351 e. The molecule has 136 valence electrons. The highest BCUT2D eigenvalue weighted by Crippen LogP contribution is 2.27. The molecular weight excluding hydrogens is 379 g/mol. The normalized spacial score (nSPS) is 14.0. The lowest BCUT2D eigenvalue weighted by Gasteiger charge is -2.08. The van der Waals surface area contributed by atoms with Crippen molar-refractivity contribution in [3.8, 4) is 0 Å². The predicted molar refractivity (Wildman–Crippen MR) is 85.0 cm³/mol. The van der Waals surface area contributed by atoms with Gasteiger partial charge in [-0.1, -0.05) is 18.2 Å². The van der Waals surface area contributed by atoms with E-state index in [4.69, 9.17) is 0 Å². The van der Waals surface area contributed by atoms with Crippen LogP contribution >= 0.6 is 0 Å². The zero-order valence-electron chi connectivity index (χ0n) is 12.7. The monoisotopic (exact) mass is 388 g/mol. The minimum Gasteiger partial charge on any atom is -0.232 e. The third kappa shape index (κ3) is 3.07. The third-order valence-corrected chi connectivity index (χ3v) is 4.78. The van der Waals surface area contributed by atoms with Crippen LogP contribution in [-0.2, 0) is 10.2 Å². The van der Waals surface area contributed by atoms with Gasteiger partial charge in [0.1, 0.15) is 0 Å². The lowest BCUT2D eigenvalue weighted by Crippen LogP contribution is -2.14. The number of halogens is 5. The average molecular weight is 388 g/mol. The Hall–Kier alpha value is -2.75. The van der Waals surface area contributed by atoms with Crippen LogP contribution < -0.4 is 0 Å². The Bertz CT molecular complexity index is 1120. The third-order valence-electron chi connectivity index (χ3n) is 3.56. The first-order valence-corrected chi connectivity index (χ1v) is 8.46. The van der Waals surface area contributed by atoms with Gasteiger partial charge in [0.05, 0.1) is 5.52 Å². The van der Waals surface area contributed by atoms with Crippen LogP contribution in [0.5, 0.6) is 0 Å². The molecule has 1 atom stereocenters. The molecule has 0 N–H and O–H groups in total. The van der Waals surface area contributed by atoms with Gasteiger partial charge in [-0.3, -0.25) is 0 Å². The molecule has 3 aromatic rings. The van der Waals surface area contributed by atoms with Gasteiger partial charge in [-0.15, -0.1) is 4.40 Å². The molecule has 4 nitrogen and oxygen atoms in total. The van der Waals surface area contributed by atoms with Crippen LogP contribution in [0, 0.1) is 17.5 Å². The summed E-state index contributed by atoms with van der Waals surface area (Å²) in [4.78, 5) is 0. The minimum atomic E-state index is -4.73. The van der Waals surface area contributed by atoms with Gasteiger partial charge in [-0.25, -0.2) is 21.5 Å². The van der Waals surface area contributed by atoms with E-state index in [0.717, 1.165) is 6.20 Å². The number of fused-ring (bicyclic) bond motifs is 1. The molecule has 0 radical (unpaired) electrons. The van der Waals surface area contributed by atoms with Crippen molar-refractivity contribution in [1.29, 1.82) is 0 Å². The Balaban J connectivity index is 2.02. The summed E-state index contributed by atoms with van der Waals surface area (Å²) in [6, 6.07) is 8.46. The van der Waals surface area contributed by atoms with Crippen molar-refractivity contribution >= 4 is 27.1 Å². The molecule has 0 aliphatic heterocycles. The maximum absolute atomic E-state index is 14.1. The average Bonchev–Trinajstić information content (AvgIpc) is 3.04. The minimum absolute atomic E-state index is 0.165. The molecule has 2 aromatic carbocycles. The van der Waals surface area contributed by atoms with Gasteiger partial charge in [0, 0.05) is 17.1 Å². The van der Waals surface area contributed by atoms with Gasteiger partial charge in [-0.2, -0.15) is 12.8 Å². The fourth-order valence-electron chi connectivity index (χ4n) is 2.32. The summed E-state index contributed by atoms with van der Waals surface area (Å²) >= 11 is 0. The molecule has 1 heterocycles. The summed E-state index contributed by atoms with van der Waals surface area (Å²) in [5, 5.41) is 0.509. The van der Waals surface area contributed by atoms with E-state index >= 15 is 0 Å². The number of alkyl halides is 1. The molecule has 0 saturated carbocycles. The Morgan fingerprint density at radius 1 is 1.00 bits per heavy atom. The summed E-state index contributed by atoms with van der Waals surface area (Å²) in [5.74, 6) is -7.68. The highest BCUT2D eigenvalue weighted by molar-refractivity contribution is 7.88. The fraction of sp³-hybridized carbons (Fsp3) is 0.0625. The molecule has 26 heavy (non-hydrogen) atoms. The molecule has 0 fully saturated rings. The maximum atomic E-state index is 14.1. The van der Waals surface area contributed by atoms with Crippen molar-refractivity contribution in [3.63, 3.8) is 0 Å². The standard InChI is InChI=1S/C16H9F5N2O2S/c17-11-6-5-10(13(18)15(11)20)14(19)16(21)22-26(24,25)23-8-7-9-3-1-2-4-12(9)23/h1-8,14H. The van der Waals surface area contributed by atoms with Gasteiger partial charge in [0.2, 0.25) is 5.97 Å². The summed E-state index contributed by atoms with van der Waals surface area (Å²) in [6.45, 7) is 0. The number of hydrogen-bond donors (Lipinski definition) is 0. The summed E-state index contributed by atoms with van der Waals surface area (Å²) in [5.41, 5.74) is -1.05. The Morgan fingerprint density at radius 2 is 1.69 bits per heavy atom. The van der Waals surface area contributed by atoms with Gasteiger partial charge < -0.3 is 0 Å². The molecule has 1 unspecified atom stereocenters. The van der Waals surface area contributed by atoms with Crippen molar-refractivity contribution in [2.24, 2.45) is 4.40 Å². The first-order valence-electron chi connectivity index (χ1n) is 7.07. The quantitative estimate of drug-likeness (QED) is 0.382. The summed E-state index contributed by atoms with van der Waals surface area (Å²) in [6.07, 6.45) is -1.94. The van der Waals surface area contributed by atoms with Crippen molar-refractivity contribution in [1.82, 2.24) is 3.97 Å². The molecule has 3 rings (SSSR count).